The predicted molar refractivity (Wildman–Crippen MR) is 76.9 cm³/mol. The quantitative estimate of drug-likeness (QED) is 0.793. The first-order chi connectivity index (χ1) is 9.58. The molecule has 4 nitrogen and oxygen atoms in total. The molecule has 1 aromatic carbocycles. The molecule has 0 N–H and O–H groups in total. The fourth-order valence-corrected chi connectivity index (χ4v) is 2.53. The zero-order valence-electron chi connectivity index (χ0n) is 12.1. The molecule has 1 aromatic rings. The molecular formula is C16H21NO3. The van der Waals surface area contributed by atoms with Gasteiger partial charge < -0.3 is 9.64 Å². The summed E-state index contributed by atoms with van der Waals surface area (Å²) >= 11 is 0. The zero-order chi connectivity index (χ0) is 14.5. The lowest BCUT2D eigenvalue weighted by atomic mass is 10.0. The first-order valence-corrected chi connectivity index (χ1v) is 7.08. The summed E-state index contributed by atoms with van der Waals surface area (Å²) in [5, 5.41) is 0. The fraction of sp³-hybridized carbons (Fsp3) is 0.500. The molecule has 1 atom stereocenters. The highest BCUT2D eigenvalue weighted by atomic mass is 16.5. The number of carbonyl (C=O) groups is 2. The molecule has 1 heterocycles. The van der Waals surface area contributed by atoms with E-state index in [9.17, 15) is 9.59 Å². The van der Waals surface area contributed by atoms with Crippen LogP contribution in [-0.4, -0.2) is 36.3 Å². The van der Waals surface area contributed by atoms with Crippen LogP contribution in [0.15, 0.2) is 24.3 Å². The Morgan fingerprint density at radius 3 is 2.80 bits per heavy atom. The summed E-state index contributed by atoms with van der Waals surface area (Å²) in [6.07, 6.45) is 2.23. The molecule has 108 valence electrons. The SMILES string of the molecule is CC(=O)c1ccccc1OCC(=O)N1CCCC(C)C1. The van der Waals surface area contributed by atoms with Crippen molar-refractivity contribution in [2.24, 2.45) is 5.92 Å². The maximum Gasteiger partial charge on any atom is 0.260 e. The molecule has 0 aliphatic carbocycles. The van der Waals surface area contributed by atoms with Crippen molar-refractivity contribution in [3.63, 3.8) is 0 Å². The molecule has 0 spiro atoms. The van der Waals surface area contributed by atoms with Gasteiger partial charge in [0.15, 0.2) is 12.4 Å². The minimum absolute atomic E-state index is 0.00296. The third-order valence-electron chi connectivity index (χ3n) is 3.63. The molecule has 0 bridgehead atoms. The van der Waals surface area contributed by atoms with Crippen LogP contribution in [0.4, 0.5) is 0 Å². The molecule has 0 aromatic heterocycles. The van der Waals surface area contributed by atoms with Gasteiger partial charge in [-0.05, 0) is 37.8 Å². The summed E-state index contributed by atoms with van der Waals surface area (Å²) < 4.78 is 5.54. The maximum absolute atomic E-state index is 12.1. The van der Waals surface area contributed by atoms with E-state index in [0.29, 0.717) is 17.2 Å². The number of amides is 1. The van der Waals surface area contributed by atoms with Crippen LogP contribution < -0.4 is 4.74 Å². The molecule has 1 amide bonds. The highest BCUT2D eigenvalue weighted by molar-refractivity contribution is 5.96. The van der Waals surface area contributed by atoms with Crippen LogP contribution in [0, 0.1) is 5.92 Å². The van der Waals surface area contributed by atoms with Gasteiger partial charge in [0, 0.05) is 13.1 Å². The van der Waals surface area contributed by atoms with E-state index >= 15 is 0 Å². The summed E-state index contributed by atoms with van der Waals surface area (Å²) in [6, 6.07) is 7.03. The Morgan fingerprint density at radius 2 is 2.10 bits per heavy atom. The monoisotopic (exact) mass is 275 g/mol. The Bertz CT molecular complexity index is 498. The van der Waals surface area contributed by atoms with E-state index in [1.807, 2.05) is 4.90 Å². The maximum atomic E-state index is 12.1. The van der Waals surface area contributed by atoms with Crippen molar-refractivity contribution >= 4 is 11.7 Å². The number of carbonyl (C=O) groups excluding carboxylic acids is 2. The van der Waals surface area contributed by atoms with Gasteiger partial charge in [-0.3, -0.25) is 9.59 Å². The van der Waals surface area contributed by atoms with Crippen molar-refractivity contribution in [3.05, 3.63) is 29.8 Å². The number of Topliss-reactive ketones (excluding diaryl/α,β-unsaturated/α-hetero) is 1. The van der Waals surface area contributed by atoms with Gasteiger partial charge in [-0.2, -0.15) is 0 Å². The largest absolute Gasteiger partial charge is 0.483 e. The molecular weight excluding hydrogens is 254 g/mol. The van der Waals surface area contributed by atoms with E-state index in [-0.39, 0.29) is 18.3 Å². The van der Waals surface area contributed by atoms with E-state index in [1.54, 1.807) is 24.3 Å². The van der Waals surface area contributed by atoms with Crippen LogP contribution in [0.2, 0.25) is 0 Å². The lowest BCUT2D eigenvalue weighted by Gasteiger charge is -2.30. The minimum Gasteiger partial charge on any atom is -0.483 e. The van der Waals surface area contributed by atoms with Crippen molar-refractivity contribution in [2.75, 3.05) is 19.7 Å². The van der Waals surface area contributed by atoms with Gasteiger partial charge in [0.2, 0.25) is 0 Å². The lowest BCUT2D eigenvalue weighted by Crippen LogP contribution is -2.41. The van der Waals surface area contributed by atoms with Crippen molar-refractivity contribution < 1.29 is 14.3 Å². The number of piperidine rings is 1. The Kier molecular flexibility index (Phi) is 4.77. The topological polar surface area (TPSA) is 46.6 Å². The van der Waals surface area contributed by atoms with Gasteiger partial charge in [-0.25, -0.2) is 0 Å². The van der Waals surface area contributed by atoms with Crippen LogP contribution in [0.5, 0.6) is 5.75 Å². The highest BCUT2D eigenvalue weighted by Crippen LogP contribution is 2.19. The van der Waals surface area contributed by atoms with Crippen LogP contribution in [-0.2, 0) is 4.79 Å². The smallest absolute Gasteiger partial charge is 0.260 e. The molecule has 0 saturated carbocycles. The summed E-state index contributed by atoms with van der Waals surface area (Å²) in [7, 11) is 0. The summed E-state index contributed by atoms with van der Waals surface area (Å²) in [5.74, 6) is 0.977. The number of hydrogen-bond acceptors (Lipinski definition) is 3. The molecule has 4 heteroatoms. The highest BCUT2D eigenvalue weighted by Gasteiger charge is 2.21. The molecule has 1 saturated heterocycles. The second kappa shape index (κ2) is 6.55. The van der Waals surface area contributed by atoms with Gasteiger partial charge in [0.1, 0.15) is 5.75 Å². The average molecular weight is 275 g/mol. The first-order valence-electron chi connectivity index (χ1n) is 7.08. The third-order valence-corrected chi connectivity index (χ3v) is 3.63. The standard InChI is InChI=1S/C16H21NO3/c1-12-6-5-9-17(10-12)16(19)11-20-15-8-4-3-7-14(15)13(2)18/h3-4,7-8,12H,5-6,9-11H2,1-2H3. The van der Waals surface area contributed by atoms with Gasteiger partial charge in [0.05, 0.1) is 5.56 Å². The number of para-hydroxylation sites is 1. The average Bonchev–Trinajstić information content (AvgIpc) is 2.45. The zero-order valence-corrected chi connectivity index (χ0v) is 12.1. The number of ketones is 1. The molecule has 20 heavy (non-hydrogen) atoms. The fourth-order valence-electron chi connectivity index (χ4n) is 2.53. The minimum atomic E-state index is -0.0559. The first kappa shape index (κ1) is 14.6. The van der Waals surface area contributed by atoms with Crippen LogP contribution in [0.1, 0.15) is 37.0 Å². The Balaban J connectivity index is 1.95. The van der Waals surface area contributed by atoms with Crippen molar-refractivity contribution in [1.29, 1.82) is 0 Å². The van der Waals surface area contributed by atoms with Gasteiger partial charge in [0.25, 0.3) is 5.91 Å². The van der Waals surface area contributed by atoms with E-state index in [1.165, 1.54) is 13.3 Å². The van der Waals surface area contributed by atoms with Crippen LogP contribution in [0.3, 0.4) is 0 Å². The Morgan fingerprint density at radius 1 is 1.35 bits per heavy atom. The van der Waals surface area contributed by atoms with Gasteiger partial charge in [-0.15, -0.1) is 0 Å². The second-order valence-corrected chi connectivity index (χ2v) is 5.43. The molecule has 1 aliphatic rings. The van der Waals surface area contributed by atoms with E-state index < -0.39 is 0 Å². The van der Waals surface area contributed by atoms with E-state index in [4.69, 9.17) is 4.74 Å². The van der Waals surface area contributed by atoms with E-state index in [2.05, 4.69) is 6.92 Å². The van der Waals surface area contributed by atoms with E-state index in [0.717, 1.165) is 19.5 Å². The van der Waals surface area contributed by atoms with Crippen LogP contribution >= 0.6 is 0 Å². The summed E-state index contributed by atoms with van der Waals surface area (Å²) in [6.45, 7) is 5.26. The van der Waals surface area contributed by atoms with Crippen LogP contribution in [0.25, 0.3) is 0 Å². The summed E-state index contributed by atoms with van der Waals surface area (Å²) in [4.78, 5) is 25.4. The predicted octanol–water partition coefficient (Wildman–Crippen LogP) is 2.53. The molecule has 1 aliphatic heterocycles. The Hall–Kier alpha value is -1.84. The third kappa shape index (κ3) is 3.59. The number of benzene rings is 1. The van der Waals surface area contributed by atoms with Gasteiger partial charge in [-0.1, -0.05) is 19.1 Å². The Labute approximate surface area is 119 Å². The van der Waals surface area contributed by atoms with Crippen molar-refractivity contribution in [2.45, 2.75) is 26.7 Å². The summed E-state index contributed by atoms with van der Waals surface area (Å²) in [5.41, 5.74) is 0.521. The molecule has 1 fully saturated rings. The normalized spacial score (nSPS) is 18.7. The van der Waals surface area contributed by atoms with Gasteiger partial charge >= 0.3 is 0 Å². The molecule has 2 rings (SSSR count). The number of rotatable bonds is 4. The number of hydrogen-bond donors (Lipinski definition) is 0. The number of nitrogens with zero attached hydrogens (tertiary/aromatic N) is 1. The molecule has 0 radical (unpaired) electrons. The van der Waals surface area contributed by atoms with Crippen molar-refractivity contribution in [3.8, 4) is 5.75 Å². The second-order valence-electron chi connectivity index (χ2n) is 5.43. The number of likely N-dealkylation sites (tertiary alicyclic amines) is 1. The lowest BCUT2D eigenvalue weighted by molar-refractivity contribution is -0.135. The molecule has 1 unspecified atom stereocenters. The number of ether oxygens (including phenoxy) is 1. The van der Waals surface area contributed by atoms with Crippen molar-refractivity contribution in [1.82, 2.24) is 4.90 Å².